The van der Waals surface area contributed by atoms with E-state index in [1.165, 1.54) is 5.56 Å². The molecule has 0 bridgehead atoms. The zero-order valence-corrected chi connectivity index (χ0v) is 13.2. The van der Waals surface area contributed by atoms with Crippen molar-refractivity contribution in [3.05, 3.63) is 35.9 Å². The Balaban J connectivity index is 2.06. The van der Waals surface area contributed by atoms with Gasteiger partial charge in [0.1, 0.15) is 0 Å². The molecule has 112 valence electrons. The van der Waals surface area contributed by atoms with Gasteiger partial charge < -0.3 is 10.5 Å². The maximum absolute atomic E-state index is 6.51. The smallest absolute Gasteiger partial charge is 0.0674 e. The van der Waals surface area contributed by atoms with Crippen molar-refractivity contribution in [3.63, 3.8) is 0 Å². The highest BCUT2D eigenvalue weighted by atomic mass is 16.5. The fourth-order valence-electron chi connectivity index (χ4n) is 2.93. The van der Waals surface area contributed by atoms with Gasteiger partial charge >= 0.3 is 0 Å². The van der Waals surface area contributed by atoms with Gasteiger partial charge in [-0.2, -0.15) is 0 Å². The van der Waals surface area contributed by atoms with Gasteiger partial charge in [0.25, 0.3) is 0 Å². The van der Waals surface area contributed by atoms with Crippen molar-refractivity contribution in [1.82, 2.24) is 4.90 Å². The Morgan fingerprint density at radius 1 is 1.30 bits per heavy atom. The number of nitrogens with two attached hydrogens (primary N) is 1. The zero-order chi connectivity index (χ0) is 14.8. The van der Waals surface area contributed by atoms with E-state index < -0.39 is 0 Å². The van der Waals surface area contributed by atoms with E-state index >= 15 is 0 Å². The Kier molecular flexibility index (Phi) is 4.84. The molecule has 1 saturated heterocycles. The van der Waals surface area contributed by atoms with Crippen molar-refractivity contribution >= 4 is 0 Å². The van der Waals surface area contributed by atoms with E-state index in [9.17, 15) is 0 Å². The molecule has 2 rings (SSSR count). The van der Waals surface area contributed by atoms with Gasteiger partial charge in [-0.25, -0.2) is 0 Å². The van der Waals surface area contributed by atoms with Gasteiger partial charge in [0, 0.05) is 25.2 Å². The molecule has 1 aliphatic heterocycles. The number of nitrogens with zero attached hydrogens (tertiary/aromatic N) is 1. The number of hydrogen-bond acceptors (Lipinski definition) is 3. The topological polar surface area (TPSA) is 38.5 Å². The summed E-state index contributed by atoms with van der Waals surface area (Å²) < 4.78 is 5.71. The molecule has 1 aliphatic rings. The summed E-state index contributed by atoms with van der Waals surface area (Å²) in [5.41, 5.74) is 7.76. The van der Waals surface area contributed by atoms with Crippen molar-refractivity contribution in [2.45, 2.75) is 45.9 Å². The molecule has 0 saturated carbocycles. The molecule has 2 N–H and O–H groups in total. The van der Waals surface area contributed by atoms with Crippen LogP contribution in [0.3, 0.4) is 0 Å². The molecule has 1 fully saturated rings. The molecular formula is C17H28N2O. The number of hydrogen-bond donors (Lipinski definition) is 1. The second kappa shape index (κ2) is 6.25. The normalized spacial score (nSPS) is 26.4. The largest absolute Gasteiger partial charge is 0.376 e. The highest BCUT2D eigenvalue weighted by Crippen LogP contribution is 2.33. The summed E-state index contributed by atoms with van der Waals surface area (Å²) in [7, 11) is 0. The van der Waals surface area contributed by atoms with Gasteiger partial charge in [-0.15, -0.1) is 0 Å². The van der Waals surface area contributed by atoms with Gasteiger partial charge in [0.15, 0.2) is 0 Å². The zero-order valence-electron chi connectivity index (χ0n) is 13.2. The maximum atomic E-state index is 6.51. The Morgan fingerprint density at radius 2 is 1.95 bits per heavy atom. The van der Waals surface area contributed by atoms with Crippen LogP contribution in [0, 0.1) is 5.41 Å². The van der Waals surface area contributed by atoms with Gasteiger partial charge in [0.2, 0.25) is 0 Å². The predicted octanol–water partition coefficient (Wildman–Crippen LogP) is 2.82. The summed E-state index contributed by atoms with van der Waals surface area (Å²) in [6.45, 7) is 11.7. The first-order valence-corrected chi connectivity index (χ1v) is 7.56. The number of ether oxygens (including phenoxy) is 1. The van der Waals surface area contributed by atoms with Crippen molar-refractivity contribution in [3.8, 4) is 0 Å². The molecular weight excluding hydrogens is 248 g/mol. The molecule has 3 heteroatoms. The third-order valence-corrected chi connectivity index (χ3v) is 4.35. The summed E-state index contributed by atoms with van der Waals surface area (Å²) in [5.74, 6) is 0. The molecule has 3 nitrogen and oxygen atoms in total. The van der Waals surface area contributed by atoms with Crippen LogP contribution in [0.5, 0.6) is 0 Å². The Morgan fingerprint density at radius 3 is 2.60 bits per heavy atom. The van der Waals surface area contributed by atoms with Gasteiger partial charge in [-0.3, -0.25) is 4.90 Å². The van der Waals surface area contributed by atoms with Gasteiger partial charge in [-0.1, -0.05) is 44.2 Å². The first-order chi connectivity index (χ1) is 9.40. The number of rotatable bonds is 4. The highest BCUT2D eigenvalue weighted by Gasteiger charge is 2.33. The Labute approximate surface area is 123 Å². The van der Waals surface area contributed by atoms with Crippen molar-refractivity contribution in [1.29, 1.82) is 0 Å². The van der Waals surface area contributed by atoms with Crippen LogP contribution in [0.4, 0.5) is 0 Å². The Hall–Kier alpha value is -0.900. The second-order valence-electron chi connectivity index (χ2n) is 6.80. The van der Waals surface area contributed by atoms with Crippen LogP contribution < -0.4 is 5.73 Å². The molecule has 0 radical (unpaired) electrons. The fourth-order valence-corrected chi connectivity index (χ4v) is 2.93. The van der Waals surface area contributed by atoms with Gasteiger partial charge in [0.05, 0.1) is 12.7 Å². The van der Waals surface area contributed by atoms with Crippen LogP contribution in [-0.2, 0) is 4.74 Å². The van der Waals surface area contributed by atoms with Crippen molar-refractivity contribution < 1.29 is 4.74 Å². The lowest BCUT2D eigenvalue weighted by molar-refractivity contribution is -0.0622. The summed E-state index contributed by atoms with van der Waals surface area (Å²) in [6.07, 6.45) is 0.315. The molecule has 3 atom stereocenters. The monoisotopic (exact) mass is 276 g/mol. The quantitative estimate of drug-likeness (QED) is 0.919. The fraction of sp³-hybridized carbons (Fsp3) is 0.647. The number of benzene rings is 1. The molecule has 0 spiro atoms. The van der Waals surface area contributed by atoms with E-state index in [0.29, 0.717) is 12.1 Å². The summed E-state index contributed by atoms with van der Waals surface area (Å²) in [6, 6.07) is 10.9. The summed E-state index contributed by atoms with van der Waals surface area (Å²) >= 11 is 0. The average Bonchev–Trinajstić information content (AvgIpc) is 2.43. The minimum atomic E-state index is 0.0344. The standard InChI is InChI=1S/C17H28N2O/c1-13-11-20-14(2)10-19(13)12-17(3,4)16(18)15-8-6-5-7-9-15/h5-9,13-14,16H,10-12,18H2,1-4H3. The van der Waals surface area contributed by atoms with Gasteiger partial charge in [-0.05, 0) is 24.8 Å². The van der Waals surface area contributed by atoms with Crippen LogP contribution in [0.15, 0.2) is 30.3 Å². The lowest BCUT2D eigenvalue weighted by Crippen LogP contribution is -2.52. The predicted molar refractivity (Wildman–Crippen MR) is 83.6 cm³/mol. The first-order valence-electron chi connectivity index (χ1n) is 7.56. The third kappa shape index (κ3) is 3.60. The van der Waals surface area contributed by atoms with Crippen molar-refractivity contribution in [2.24, 2.45) is 11.1 Å². The van der Waals surface area contributed by atoms with Crippen molar-refractivity contribution in [2.75, 3.05) is 19.7 Å². The van der Waals surface area contributed by atoms with Crippen LogP contribution >= 0.6 is 0 Å². The molecule has 1 aromatic carbocycles. The molecule has 0 aliphatic carbocycles. The third-order valence-electron chi connectivity index (χ3n) is 4.35. The molecule has 1 heterocycles. The maximum Gasteiger partial charge on any atom is 0.0674 e. The van der Waals surface area contributed by atoms with Crippen LogP contribution in [0.2, 0.25) is 0 Å². The van der Waals surface area contributed by atoms with E-state index in [4.69, 9.17) is 10.5 Å². The van der Waals surface area contributed by atoms with E-state index in [0.717, 1.165) is 19.7 Å². The van der Waals surface area contributed by atoms with E-state index in [2.05, 4.69) is 56.9 Å². The van der Waals surface area contributed by atoms with E-state index in [1.807, 2.05) is 6.07 Å². The van der Waals surface area contributed by atoms with Crippen LogP contribution in [-0.4, -0.2) is 36.7 Å². The highest BCUT2D eigenvalue weighted by molar-refractivity contribution is 5.20. The summed E-state index contributed by atoms with van der Waals surface area (Å²) in [4.78, 5) is 2.51. The molecule has 3 unspecified atom stereocenters. The number of morpholine rings is 1. The molecule has 20 heavy (non-hydrogen) atoms. The van der Waals surface area contributed by atoms with E-state index in [1.54, 1.807) is 0 Å². The second-order valence-corrected chi connectivity index (χ2v) is 6.80. The average molecular weight is 276 g/mol. The molecule has 1 aromatic rings. The van der Waals surface area contributed by atoms with Crippen LogP contribution in [0.1, 0.15) is 39.3 Å². The minimum absolute atomic E-state index is 0.0344. The minimum Gasteiger partial charge on any atom is -0.376 e. The van der Waals surface area contributed by atoms with E-state index in [-0.39, 0.29) is 11.5 Å². The first kappa shape index (κ1) is 15.5. The molecule has 0 amide bonds. The Bertz CT molecular complexity index is 418. The summed E-state index contributed by atoms with van der Waals surface area (Å²) in [5, 5.41) is 0. The lowest BCUT2D eigenvalue weighted by Gasteiger charge is -2.43. The van der Waals surface area contributed by atoms with Crippen LogP contribution in [0.25, 0.3) is 0 Å². The molecule has 0 aromatic heterocycles. The lowest BCUT2D eigenvalue weighted by atomic mass is 9.80. The SMILES string of the molecule is CC1CN(CC(C)(C)C(N)c2ccccc2)C(C)CO1.